The first-order valence-corrected chi connectivity index (χ1v) is 10.7. The Kier molecular flexibility index (Phi) is 4.85. The van der Waals surface area contributed by atoms with Crippen LogP contribution in [-0.2, 0) is 9.84 Å². The van der Waals surface area contributed by atoms with Gasteiger partial charge in [0.05, 0.1) is 14.9 Å². The van der Waals surface area contributed by atoms with Gasteiger partial charge in [-0.3, -0.25) is 0 Å². The molecule has 9 heteroatoms. The van der Waals surface area contributed by atoms with Gasteiger partial charge in [-0.1, -0.05) is 29.3 Å². The molecule has 1 aliphatic carbocycles. The number of nitrogens with one attached hydrogen (secondary N) is 1. The Hall–Kier alpha value is -2.09. The molecule has 0 atom stereocenters. The Labute approximate surface area is 171 Å². The van der Waals surface area contributed by atoms with Crippen molar-refractivity contribution >= 4 is 38.9 Å². The molecule has 3 aromatic rings. The van der Waals surface area contributed by atoms with Gasteiger partial charge < -0.3 is 9.73 Å². The van der Waals surface area contributed by atoms with Gasteiger partial charge in [-0.15, -0.1) is 0 Å². The summed E-state index contributed by atoms with van der Waals surface area (Å²) >= 11 is 11.9. The van der Waals surface area contributed by atoms with Crippen molar-refractivity contribution in [2.75, 3.05) is 5.32 Å². The highest BCUT2D eigenvalue weighted by atomic mass is 35.5. The normalized spacial score (nSPS) is 14.3. The number of aryl methyl sites for hydroxylation is 1. The van der Waals surface area contributed by atoms with Crippen molar-refractivity contribution in [1.29, 1.82) is 0 Å². The molecule has 0 radical (unpaired) electrons. The monoisotopic (exact) mass is 440 g/mol. The highest BCUT2D eigenvalue weighted by Gasteiger charge is 2.32. The maximum Gasteiger partial charge on any atom is 0.234 e. The van der Waals surface area contributed by atoms with E-state index in [1.807, 2.05) is 0 Å². The van der Waals surface area contributed by atoms with Crippen LogP contribution in [0.4, 0.5) is 10.3 Å². The molecule has 0 saturated heterocycles. The maximum atomic E-state index is 13.7. The lowest BCUT2D eigenvalue weighted by atomic mass is 10.1. The molecule has 0 spiro atoms. The molecular formula is C19H15Cl2FN2O3S. The maximum absolute atomic E-state index is 13.7. The van der Waals surface area contributed by atoms with E-state index in [-0.39, 0.29) is 37.8 Å². The first-order valence-electron chi connectivity index (χ1n) is 8.50. The summed E-state index contributed by atoms with van der Waals surface area (Å²) in [5, 5.41) is 3.14. The Morgan fingerprint density at radius 1 is 1.14 bits per heavy atom. The minimum atomic E-state index is -4.04. The minimum absolute atomic E-state index is 0.0267. The fourth-order valence-electron chi connectivity index (χ4n) is 2.69. The fourth-order valence-corrected chi connectivity index (χ4v) is 4.34. The van der Waals surface area contributed by atoms with Crippen LogP contribution in [0.3, 0.4) is 0 Å². The van der Waals surface area contributed by atoms with Gasteiger partial charge in [0.1, 0.15) is 5.82 Å². The van der Waals surface area contributed by atoms with Crippen molar-refractivity contribution in [3.8, 4) is 11.5 Å². The topological polar surface area (TPSA) is 72.2 Å². The van der Waals surface area contributed by atoms with Crippen molar-refractivity contribution in [2.24, 2.45) is 0 Å². The SMILES string of the molecule is Cc1ccc(F)cc1-c1nc(S(=O)(=O)c2ccc(Cl)c(Cl)c2)c(NC2CC2)o1. The molecule has 1 aliphatic rings. The van der Waals surface area contributed by atoms with E-state index in [0.29, 0.717) is 11.1 Å². The van der Waals surface area contributed by atoms with Crippen molar-refractivity contribution in [3.63, 3.8) is 0 Å². The lowest BCUT2D eigenvalue weighted by Gasteiger charge is -2.06. The zero-order chi connectivity index (χ0) is 20.1. The molecule has 0 aliphatic heterocycles. The molecule has 5 nitrogen and oxygen atoms in total. The second kappa shape index (κ2) is 7.06. The van der Waals surface area contributed by atoms with E-state index >= 15 is 0 Å². The average Bonchev–Trinajstić information content (AvgIpc) is 3.36. The Morgan fingerprint density at radius 2 is 1.89 bits per heavy atom. The second-order valence-electron chi connectivity index (χ2n) is 6.61. The zero-order valence-electron chi connectivity index (χ0n) is 14.7. The van der Waals surface area contributed by atoms with Gasteiger partial charge in [-0.25, -0.2) is 12.8 Å². The third-order valence-electron chi connectivity index (χ3n) is 4.39. The fraction of sp³-hybridized carbons (Fsp3) is 0.211. The minimum Gasteiger partial charge on any atom is -0.419 e. The largest absolute Gasteiger partial charge is 0.419 e. The number of rotatable bonds is 5. The predicted molar refractivity (Wildman–Crippen MR) is 105 cm³/mol. The van der Waals surface area contributed by atoms with E-state index in [0.717, 1.165) is 12.8 Å². The van der Waals surface area contributed by atoms with E-state index in [9.17, 15) is 12.8 Å². The summed E-state index contributed by atoms with van der Waals surface area (Å²) in [5.41, 5.74) is 1.09. The van der Waals surface area contributed by atoms with Crippen LogP contribution in [0.2, 0.25) is 10.0 Å². The van der Waals surface area contributed by atoms with Crippen molar-refractivity contribution in [3.05, 3.63) is 57.8 Å². The summed E-state index contributed by atoms with van der Waals surface area (Å²) in [6.45, 7) is 1.76. The lowest BCUT2D eigenvalue weighted by molar-refractivity contribution is 0.574. The van der Waals surface area contributed by atoms with Crippen LogP contribution in [0.25, 0.3) is 11.5 Å². The van der Waals surface area contributed by atoms with Crippen LogP contribution in [0.1, 0.15) is 18.4 Å². The standard InChI is InChI=1S/C19H15Cl2FN2O3S/c1-10-2-3-11(22)8-14(10)17-24-19(18(27-17)23-12-4-5-12)28(25,26)13-6-7-15(20)16(21)9-13/h2-3,6-9,12,23H,4-5H2,1H3. The van der Waals surface area contributed by atoms with E-state index < -0.39 is 15.7 Å². The van der Waals surface area contributed by atoms with Crippen molar-refractivity contribution < 1.29 is 17.2 Å². The first-order chi connectivity index (χ1) is 13.3. The molecule has 28 heavy (non-hydrogen) atoms. The number of aromatic nitrogens is 1. The average molecular weight is 441 g/mol. The van der Waals surface area contributed by atoms with Gasteiger partial charge in [-0.05, 0) is 55.7 Å². The smallest absolute Gasteiger partial charge is 0.234 e. The van der Waals surface area contributed by atoms with Crippen molar-refractivity contribution in [2.45, 2.75) is 35.7 Å². The molecule has 2 aromatic carbocycles. The van der Waals surface area contributed by atoms with Crippen LogP contribution in [0, 0.1) is 12.7 Å². The molecule has 0 amide bonds. The number of hydrogen-bond acceptors (Lipinski definition) is 5. The summed E-state index contributed by atoms with van der Waals surface area (Å²) < 4.78 is 45.8. The number of halogens is 3. The predicted octanol–water partition coefficient (Wildman–Crippen LogP) is 5.50. The number of hydrogen-bond donors (Lipinski definition) is 1. The van der Waals surface area contributed by atoms with Gasteiger partial charge in [-0.2, -0.15) is 4.98 Å². The van der Waals surface area contributed by atoms with E-state index in [1.165, 1.54) is 30.3 Å². The molecule has 0 bridgehead atoms. The molecule has 1 fully saturated rings. The van der Waals surface area contributed by atoms with E-state index in [4.69, 9.17) is 27.6 Å². The molecule has 1 saturated carbocycles. The molecule has 146 valence electrons. The Balaban J connectivity index is 1.86. The van der Waals surface area contributed by atoms with Gasteiger partial charge in [0.2, 0.25) is 26.6 Å². The number of nitrogens with zero attached hydrogens (tertiary/aromatic N) is 1. The molecule has 0 unspecified atom stereocenters. The number of sulfone groups is 1. The molecule has 1 heterocycles. The van der Waals surface area contributed by atoms with Gasteiger partial charge in [0.25, 0.3) is 0 Å². The van der Waals surface area contributed by atoms with Crippen LogP contribution in [0.15, 0.2) is 50.7 Å². The molecule has 1 aromatic heterocycles. The first kappa shape index (κ1) is 19.2. The van der Waals surface area contributed by atoms with Crippen LogP contribution >= 0.6 is 23.2 Å². The number of benzene rings is 2. The van der Waals surface area contributed by atoms with Crippen LogP contribution in [-0.4, -0.2) is 19.4 Å². The van der Waals surface area contributed by atoms with Gasteiger partial charge >= 0.3 is 0 Å². The Bertz CT molecular complexity index is 1170. The number of anilines is 1. The summed E-state index contributed by atoms with van der Waals surface area (Å²) in [7, 11) is -4.04. The van der Waals surface area contributed by atoms with E-state index in [2.05, 4.69) is 10.3 Å². The third-order valence-corrected chi connectivity index (χ3v) is 6.79. The second-order valence-corrected chi connectivity index (χ2v) is 9.29. The Morgan fingerprint density at radius 3 is 2.57 bits per heavy atom. The summed E-state index contributed by atoms with van der Waals surface area (Å²) in [6, 6.07) is 8.31. The highest BCUT2D eigenvalue weighted by molar-refractivity contribution is 7.91. The molecule has 1 N–H and O–H groups in total. The van der Waals surface area contributed by atoms with Crippen LogP contribution < -0.4 is 5.32 Å². The molecule has 4 rings (SSSR count). The lowest BCUT2D eigenvalue weighted by Crippen LogP contribution is -2.08. The van der Waals surface area contributed by atoms with Crippen LogP contribution in [0.5, 0.6) is 0 Å². The summed E-state index contributed by atoms with van der Waals surface area (Å²) in [6.07, 6.45) is 1.81. The summed E-state index contributed by atoms with van der Waals surface area (Å²) in [5.74, 6) is -0.407. The molecular weight excluding hydrogens is 426 g/mol. The third kappa shape index (κ3) is 3.62. The van der Waals surface area contributed by atoms with Gasteiger partial charge in [0, 0.05) is 11.6 Å². The van der Waals surface area contributed by atoms with Crippen molar-refractivity contribution in [1.82, 2.24) is 4.98 Å². The van der Waals surface area contributed by atoms with Gasteiger partial charge in [0.15, 0.2) is 0 Å². The highest BCUT2D eigenvalue weighted by Crippen LogP contribution is 2.37. The summed E-state index contributed by atoms with van der Waals surface area (Å²) in [4.78, 5) is 4.14. The number of oxazole rings is 1. The zero-order valence-corrected chi connectivity index (χ0v) is 17.0. The quantitative estimate of drug-likeness (QED) is 0.566. The van der Waals surface area contributed by atoms with E-state index in [1.54, 1.807) is 13.0 Å².